The van der Waals surface area contributed by atoms with E-state index in [0.717, 1.165) is 17.3 Å². The first kappa shape index (κ1) is 12.4. The number of carbonyl (C=O) groups is 1. The first-order chi connectivity index (χ1) is 8.08. The van der Waals surface area contributed by atoms with Crippen LogP contribution >= 0.6 is 15.9 Å². The number of nitrogens with one attached hydrogen (secondary N) is 1. The van der Waals surface area contributed by atoms with Gasteiger partial charge in [0.05, 0.1) is 6.10 Å². The van der Waals surface area contributed by atoms with Crippen molar-refractivity contribution in [1.82, 2.24) is 5.32 Å². The van der Waals surface area contributed by atoms with Crippen LogP contribution in [-0.2, 0) is 0 Å². The van der Waals surface area contributed by atoms with Crippen LogP contribution in [0.2, 0.25) is 0 Å². The lowest BCUT2D eigenvalue weighted by molar-refractivity contribution is 0.0901. The van der Waals surface area contributed by atoms with Gasteiger partial charge in [-0.3, -0.25) is 4.79 Å². The lowest BCUT2D eigenvalue weighted by Gasteiger charge is -2.11. The summed E-state index contributed by atoms with van der Waals surface area (Å²) in [6.45, 7) is 0.305. The summed E-state index contributed by atoms with van der Waals surface area (Å²) < 4.78 is 0.770. The Bertz CT molecular complexity index is 433. The van der Waals surface area contributed by atoms with E-state index in [0.29, 0.717) is 23.7 Å². The van der Waals surface area contributed by atoms with E-state index in [4.69, 9.17) is 5.73 Å². The molecule has 1 aromatic carbocycles. The van der Waals surface area contributed by atoms with E-state index < -0.39 is 6.10 Å². The van der Waals surface area contributed by atoms with E-state index in [1.54, 1.807) is 18.2 Å². The molecule has 0 aliphatic heterocycles. The van der Waals surface area contributed by atoms with Gasteiger partial charge in [-0.05, 0) is 52.9 Å². The normalized spacial score (nSPS) is 16.6. The number of nitrogens with two attached hydrogens (primary N) is 1. The molecule has 1 aliphatic rings. The second-order valence-electron chi connectivity index (χ2n) is 4.35. The van der Waals surface area contributed by atoms with Crippen molar-refractivity contribution in [2.24, 2.45) is 5.92 Å². The third-order valence-corrected chi connectivity index (χ3v) is 3.62. The molecule has 1 unspecified atom stereocenters. The number of rotatable bonds is 4. The highest BCUT2D eigenvalue weighted by atomic mass is 79.9. The standard InChI is InChI=1S/C12H15BrN2O2/c13-9-4-3-8(5-10(9)14)12(17)15-6-11(16)7-1-2-7/h3-5,7,11,16H,1-2,6,14H2,(H,15,17). The topological polar surface area (TPSA) is 75.4 Å². The maximum atomic E-state index is 11.8. The van der Waals surface area contributed by atoms with E-state index in [1.807, 2.05) is 0 Å². The minimum atomic E-state index is -0.424. The van der Waals surface area contributed by atoms with E-state index >= 15 is 0 Å². The van der Waals surface area contributed by atoms with Crippen LogP contribution in [0.25, 0.3) is 0 Å². The van der Waals surface area contributed by atoms with Crippen LogP contribution < -0.4 is 11.1 Å². The van der Waals surface area contributed by atoms with Gasteiger partial charge < -0.3 is 16.2 Å². The molecule has 0 aromatic heterocycles. The molecule has 0 radical (unpaired) electrons. The molecule has 5 heteroatoms. The summed E-state index contributed by atoms with van der Waals surface area (Å²) in [6.07, 6.45) is 1.69. The summed E-state index contributed by atoms with van der Waals surface area (Å²) in [7, 11) is 0. The summed E-state index contributed by atoms with van der Waals surface area (Å²) >= 11 is 3.27. The van der Waals surface area contributed by atoms with Crippen LogP contribution in [0.3, 0.4) is 0 Å². The molecule has 4 N–H and O–H groups in total. The second-order valence-corrected chi connectivity index (χ2v) is 5.21. The quantitative estimate of drug-likeness (QED) is 0.738. The number of hydrogen-bond donors (Lipinski definition) is 3. The molecule has 1 aromatic rings. The molecule has 4 nitrogen and oxygen atoms in total. The van der Waals surface area contributed by atoms with E-state index in [1.165, 1.54) is 0 Å². The molecule has 1 fully saturated rings. The molecule has 0 spiro atoms. The molecule has 1 aliphatic carbocycles. The van der Waals surface area contributed by atoms with Crippen LogP contribution in [0.5, 0.6) is 0 Å². The molecule has 1 atom stereocenters. The number of nitrogen functional groups attached to an aromatic ring is 1. The Balaban J connectivity index is 1.92. The highest BCUT2D eigenvalue weighted by Gasteiger charge is 2.29. The maximum absolute atomic E-state index is 11.8. The van der Waals surface area contributed by atoms with Crippen LogP contribution in [0.1, 0.15) is 23.2 Å². The Morgan fingerprint density at radius 1 is 1.59 bits per heavy atom. The van der Waals surface area contributed by atoms with Crippen LogP contribution in [0.15, 0.2) is 22.7 Å². The number of halogens is 1. The van der Waals surface area contributed by atoms with Gasteiger partial charge in [0.15, 0.2) is 0 Å². The molecule has 17 heavy (non-hydrogen) atoms. The summed E-state index contributed by atoms with van der Waals surface area (Å²) in [5.41, 5.74) is 6.73. The van der Waals surface area contributed by atoms with Gasteiger partial charge >= 0.3 is 0 Å². The van der Waals surface area contributed by atoms with Crippen LogP contribution in [0.4, 0.5) is 5.69 Å². The number of amides is 1. The lowest BCUT2D eigenvalue weighted by Crippen LogP contribution is -2.33. The van der Waals surface area contributed by atoms with Gasteiger partial charge in [-0.15, -0.1) is 0 Å². The number of aliphatic hydroxyl groups excluding tert-OH is 1. The molecule has 92 valence electrons. The predicted octanol–water partition coefficient (Wildman–Crippen LogP) is 1.53. The fourth-order valence-electron chi connectivity index (χ4n) is 1.63. The third-order valence-electron chi connectivity index (χ3n) is 2.90. The minimum Gasteiger partial charge on any atom is -0.398 e. The maximum Gasteiger partial charge on any atom is 0.251 e. The number of anilines is 1. The van der Waals surface area contributed by atoms with Crippen molar-refractivity contribution in [3.8, 4) is 0 Å². The van der Waals surface area contributed by atoms with Crippen molar-refractivity contribution >= 4 is 27.5 Å². The van der Waals surface area contributed by atoms with Crippen LogP contribution in [0, 0.1) is 5.92 Å². The lowest BCUT2D eigenvalue weighted by atomic mass is 10.2. The van der Waals surface area contributed by atoms with E-state index in [9.17, 15) is 9.90 Å². The molecule has 0 heterocycles. The molecular weight excluding hydrogens is 284 g/mol. The Labute approximate surface area is 108 Å². The van der Waals surface area contributed by atoms with Gasteiger partial charge in [0, 0.05) is 22.3 Å². The molecular formula is C12H15BrN2O2. The Hall–Kier alpha value is -1.07. The molecule has 0 bridgehead atoms. The van der Waals surface area contributed by atoms with Crippen molar-refractivity contribution in [3.63, 3.8) is 0 Å². The molecule has 2 rings (SSSR count). The fraction of sp³-hybridized carbons (Fsp3) is 0.417. The molecule has 0 saturated heterocycles. The van der Waals surface area contributed by atoms with E-state index in [2.05, 4.69) is 21.2 Å². The summed E-state index contributed by atoms with van der Waals surface area (Å²) in [6, 6.07) is 5.05. The number of hydrogen-bond acceptors (Lipinski definition) is 3. The summed E-state index contributed by atoms with van der Waals surface area (Å²) in [5, 5.41) is 12.3. The van der Waals surface area contributed by atoms with Crippen molar-refractivity contribution < 1.29 is 9.90 Å². The van der Waals surface area contributed by atoms with Gasteiger partial charge in [0.1, 0.15) is 0 Å². The third kappa shape index (κ3) is 3.20. The highest BCUT2D eigenvalue weighted by molar-refractivity contribution is 9.10. The van der Waals surface area contributed by atoms with Gasteiger partial charge in [0.2, 0.25) is 0 Å². The zero-order chi connectivity index (χ0) is 12.4. The van der Waals surface area contributed by atoms with Crippen molar-refractivity contribution in [2.75, 3.05) is 12.3 Å². The molecule has 1 saturated carbocycles. The monoisotopic (exact) mass is 298 g/mol. The van der Waals surface area contributed by atoms with Crippen molar-refractivity contribution in [1.29, 1.82) is 0 Å². The molecule has 1 amide bonds. The Morgan fingerprint density at radius 2 is 2.29 bits per heavy atom. The summed E-state index contributed by atoms with van der Waals surface area (Å²) in [4.78, 5) is 11.8. The number of benzene rings is 1. The minimum absolute atomic E-state index is 0.205. The smallest absolute Gasteiger partial charge is 0.251 e. The zero-order valence-electron chi connectivity index (χ0n) is 9.32. The average Bonchev–Trinajstić information content (AvgIpc) is 3.13. The first-order valence-electron chi connectivity index (χ1n) is 5.59. The first-order valence-corrected chi connectivity index (χ1v) is 6.38. The zero-order valence-corrected chi connectivity index (χ0v) is 10.9. The highest BCUT2D eigenvalue weighted by Crippen LogP contribution is 2.32. The van der Waals surface area contributed by atoms with Crippen LogP contribution in [-0.4, -0.2) is 23.7 Å². The van der Waals surface area contributed by atoms with Gasteiger partial charge in [-0.2, -0.15) is 0 Å². The van der Waals surface area contributed by atoms with Gasteiger partial charge in [0.25, 0.3) is 5.91 Å². The fourth-order valence-corrected chi connectivity index (χ4v) is 1.88. The van der Waals surface area contributed by atoms with E-state index in [-0.39, 0.29) is 5.91 Å². The average molecular weight is 299 g/mol. The summed E-state index contributed by atoms with van der Waals surface area (Å²) in [5.74, 6) is 0.161. The Morgan fingerprint density at radius 3 is 2.88 bits per heavy atom. The SMILES string of the molecule is Nc1cc(C(=O)NCC(O)C2CC2)ccc1Br. The number of aliphatic hydroxyl groups is 1. The number of carbonyl (C=O) groups excluding carboxylic acids is 1. The van der Waals surface area contributed by atoms with Gasteiger partial charge in [-0.25, -0.2) is 0 Å². The largest absolute Gasteiger partial charge is 0.398 e. The van der Waals surface area contributed by atoms with Crippen molar-refractivity contribution in [3.05, 3.63) is 28.2 Å². The Kier molecular flexibility index (Phi) is 3.69. The van der Waals surface area contributed by atoms with Gasteiger partial charge in [-0.1, -0.05) is 0 Å². The van der Waals surface area contributed by atoms with Crippen molar-refractivity contribution in [2.45, 2.75) is 18.9 Å². The second kappa shape index (κ2) is 5.06. The predicted molar refractivity (Wildman–Crippen MR) is 69.6 cm³/mol.